The van der Waals surface area contributed by atoms with E-state index in [9.17, 15) is 4.79 Å². The van der Waals surface area contributed by atoms with Crippen LogP contribution in [0, 0.1) is 5.41 Å². The third-order valence-corrected chi connectivity index (χ3v) is 4.32. The molecule has 0 aliphatic carbocycles. The molecule has 0 radical (unpaired) electrons. The van der Waals surface area contributed by atoms with Gasteiger partial charge in [0.1, 0.15) is 0 Å². The molecule has 0 unspecified atom stereocenters. The fourth-order valence-corrected chi connectivity index (χ4v) is 3.03. The first kappa shape index (κ1) is 18.4. The number of carbonyl (C=O) groups excluding carboxylic acids is 1. The molecule has 1 saturated heterocycles. The van der Waals surface area contributed by atoms with Crippen LogP contribution in [-0.2, 0) is 4.74 Å². The lowest BCUT2D eigenvalue weighted by Gasteiger charge is -2.37. The van der Waals surface area contributed by atoms with Gasteiger partial charge in [-0.1, -0.05) is 22.0 Å². The van der Waals surface area contributed by atoms with E-state index < -0.39 is 0 Å². The van der Waals surface area contributed by atoms with Crippen LogP contribution in [0.5, 0.6) is 0 Å². The molecule has 2 N–H and O–H groups in total. The molecule has 21 heavy (non-hydrogen) atoms. The highest BCUT2D eigenvalue weighted by atomic mass is 79.9. The Kier molecular flexibility index (Phi) is 7.66. The molecule has 0 bridgehead atoms. The van der Waals surface area contributed by atoms with Gasteiger partial charge in [0.25, 0.3) is 5.91 Å². The van der Waals surface area contributed by atoms with Crippen LogP contribution in [0.25, 0.3) is 0 Å². The Hall–Kier alpha value is -0.620. The summed E-state index contributed by atoms with van der Waals surface area (Å²) in [6.07, 6.45) is 2.05. The summed E-state index contributed by atoms with van der Waals surface area (Å²) >= 11 is 3.39. The highest BCUT2D eigenvalue weighted by Gasteiger charge is 2.32. The van der Waals surface area contributed by atoms with Crippen molar-refractivity contribution in [3.63, 3.8) is 0 Å². The molecule has 2 rings (SSSR count). The molecule has 118 valence electrons. The van der Waals surface area contributed by atoms with E-state index in [1.807, 2.05) is 24.3 Å². The number of ether oxygens (including phenoxy) is 1. The van der Waals surface area contributed by atoms with Gasteiger partial charge in [-0.05, 0) is 44.1 Å². The Morgan fingerprint density at radius 2 is 2.14 bits per heavy atom. The standard InChI is InChI=1S/C15H21BrN2O2.ClH/c1-20-11-15(5-7-17-8-6-15)10-18-14(19)12-3-2-4-13(16)9-12;/h2-4,9,17H,5-8,10-11H2,1H3,(H,18,19);1H. The fraction of sp³-hybridized carbons (Fsp3) is 0.533. The van der Waals surface area contributed by atoms with Crippen LogP contribution in [0.2, 0.25) is 0 Å². The lowest BCUT2D eigenvalue weighted by molar-refractivity contribution is 0.0511. The Morgan fingerprint density at radius 3 is 2.76 bits per heavy atom. The van der Waals surface area contributed by atoms with Crippen LogP contribution in [0.4, 0.5) is 0 Å². The fourth-order valence-electron chi connectivity index (χ4n) is 2.63. The van der Waals surface area contributed by atoms with E-state index in [-0.39, 0.29) is 23.7 Å². The summed E-state index contributed by atoms with van der Waals surface area (Å²) in [5, 5.41) is 6.40. The number of methoxy groups -OCH3 is 1. The second-order valence-corrected chi connectivity index (χ2v) is 6.29. The van der Waals surface area contributed by atoms with Gasteiger partial charge >= 0.3 is 0 Å². The molecule has 1 fully saturated rings. The van der Waals surface area contributed by atoms with Crippen molar-refractivity contribution in [1.82, 2.24) is 10.6 Å². The van der Waals surface area contributed by atoms with Gasteiger partial charge < -0.3 is 15.4 Å². The van der Waals surface area contributed by atoms with Gasteiger partial charge in [-0.25, -0.2) is 0 Å². The molecule has 1 aliphatic heterocycles. The van der Waals surface area contributed by atoms with E-state index in [1.165, 1.54) is 0 Å². The van der Waals surface area contributed by atoms with E-state index >= 15 is 0 Å². The first-order valence-electron chi connectivity index (χ1n) is 6.89. The van der Waals surface area contributed by atoms with Crippen LogP contribution in [-0.4, -0.2) is 39.3 Å². The van der Waals surface area contributed by atoms with E-state index in [0.717, 1.165) is 30.4 Å². The Balaban J connectivity index is 0.00000220. The third-order valence-electron chi connectivity index (χ3n) is 3.83. The molecule has 0 spiro atoms. The van der Waals surface area contributed by atoms with Gasteiger partial charge in [0.05, 0.1) is 6.61 Å². The maximum absolute atomic E-state index is 12.2. The minimum Gasteiger partial charge on any atom is -0.384 e. The second kappa shape index (κ2) is 8.73. The van der Waals surface area contributed by atoms with Crippen LogP contribution in [0.1, 0.15) is 23.2 Å². The summed E-state index contributed by atoms with van der Waals surface area (Å²) in [5.74, 6) is -0.0275. The molecule has 0 aromatic heterocycles. The van der Waals surface area contributed by atoms with E-state index in [4.69, 9.17) is 4.74 Å². The number of hydrogen-bond donors (Lipinski definition) is 2. The predicted octanol–water partition coefficient (Wildman–Crippen LogP) is 2.62. The molecule has 1 heterocycles. The first-order valence-corrected chi connectivity index (χ1v) is 7.68. The van der Waals surface area contributed by atoms with Crippen molar-refractivity contribution < 1.29 is 9.53 Å². The second-order valence-electron chi connectivity index (χ2n) is 5.38. The monoisotopic (exact) mass is 376 g/mol. The number of benzene rings is 1. The lowest BCUT2D eigenvalue weighted by atomic mass is 9.79. The minimum absolute atomic E-state index is 0. The van der Waals surface area contributed by atoms with Crippen molar-refractivity contribution >= 4 is 34.2 Å². The summed E-state index contributed by atoms with van der Waals surface area (Å²) in [6.45, 7) is 3.31. The van der Waals surface area contributed by atoms with E-state index in [2.05, 4.69) is 26.6 Å². The Labute approximate surface area is 140 Å². The van der Waals surface area contributed by atoms with Gasteiger partial charge in [-0.3, -0.25) is 4.79 Å². The van der Waals surface area contributed by atoms with Gasteiger partial charge in [-0.2, -0.15) is 0 Å². The zero-order valence-corrected chi connectivity index (χ0v) is 14.6. The van der Waals surface area contributed by atoms with Crippen LogP contribution in [0.3, 0.4) is 0 Å². The quantitative estimate of drug-likeness (QED) is 0.829. The van der Waals surface area contributed by atoms with Crippen LogP contribution in [0.15, 0.2) is 28.7 Å². The molecule has 1 aromatic carbocycles. The zero-order chi connectivity index (χ0) is 14.4. The molecule has 0 saturated carbocycles. The number of halogens is 2. The molecule has 0 atom stereocenters. The SMILES string of the molecule is COCC1(CNC(=O)c2cccc(Br)c2)CCNCC1.Cl. The third kappa shape index (κ3) is 5.25. The van der Waals surface area contributed by atoms with E-state index in [0.29, 0.717) is 18.7 Å². The van der Waals surface area contributed by atoms with Crippen molar-refractivity contribution in [2.45, 2.75) is 12.8 Å². The number of carbonyl (C=O) groups is 1. The lowest BCUT2D eigenvalue weighted by Crippen LogP contribution is -2.47. The highest BCUT2D eigenvalue weighted by Crippen LogP contribution is 2.28. The average Bonchev–Trinajstić information content (AvgIpc) is 2.46. The van der Waals surface area contributed by atoms with Crippen molar-refractivity contribution in [3.8, 4) is 0 Å². The Bertz CT molecular complexity index is 459. The van der Waals surface area contributed by atoms with Gasteiger partial charge in [0.15, 0.2) is 0 Å². The topological polar surface area (TPSA) is 50.4 Å². The highest BCUT2D eigenvalue weighted by molar-refractivity contribution is 9.10. The average molecular weight is 378 g/mol. The molecule has 6 heteroatoms. The predicted molar refractivity (Wildman–Crippen MR) is 90.1 cm³/mol. The van der Waals surface area contributed by atoms with Gasteiger partial charge in [-0.15, -0.1) is 12.4 Å². The molecule has 1 amide bonds. The number of hydrogen-bond acceptors (Lipinski definition) is 3. The maximum atomic E-state index is 12.2. The number of amides is 1. The summed E-state index contributed by atoms with van der Waals surface area (Å²) in [7, 11) is 1.72. The zero-order valence-electron chi connectivity index (χ0n) is 12.2. The van der Waals surface area contributed by atoms with Crippen molar-refractivity contribution in [2.75, 3.05) is 33.4 Å². The minimum atomic E-state index is -0.0275. The van der Waals surface area contributed by atoms with Crippen molar-refractivity contribution in [1.29, 1.82) is 0 Å². The van der Waals surface area contributed by atoms with E-state index in [1.54, 1.807) is 7.11 Å². The number of rotatable bonds is 5. The molecule has 4 nitrogen and oxygen atoms in total. The smallest absolute Gasteiger partial charge is 0.251 e. The molecule has 1 aliphatic rings. The summed E-state index contributed by atoms with van der Waals surface area (Å²) in [4.78, 5) is 12.2. The summed E-state index contributed by atoms with van der Waals surface area (Å²) in [6, 6.07) is 7.44. The molecule has 1 aromatic rings. The molecular weight excluding hydrogens is 356 g/mol. The van der Waals surface area contributed by atoms with Crippen molar-refractivity contribution in [3.05, 3.63) is 34.3 Å². The largest absolute Gasteiger partial charge is 0.384 e. The van der Waals surface area contributed by atoms with Gasteiger partial charge in [0, 0.05) is 29.1 Å². The van der Waals surface area contributed by atoms with Crippen LogP contribution < -0.4 is 10.6 Å². The maximum Gasteiger partial charge on any atom is 0.251 e. The van der Waals surface area contributed by atoms with Gasteiger partial charge in [0.2, 0.25) is 0 Å². The van der Waals surface area contributed by atoms with Crippen molar-refractivity contribution in [2.24, 2.45) is 5.41 Å². The van der Waals surface area contributed by atoms with Crippen LogP contribution >= 0.6 is 28.3 Å². The summed E-state index contributed by atoms with van der Waals surface area (Å²) < 4.78 is 6.27. The first-order chi connectivity index (χ1) is 9.65. The molecular formula is C15H22BrClN2O2. The summed E-state index contributed by atoms with van der Waals surface area (Å²) in [5.41, 5.74) is 0.739. The number of piperidine rings is 1. The normalized spacial score (nSPS) is 16.9. The Morgan fingerprint density at radius 1 is 1.43 bits per heavy atom. The number of nitrogens with one attached hydrogen (secondary N) is 2.